The summed E-state index contributed by atoms with van der Waals surface area (Å²) < 4.78 is 5.97. The van der Waals surface area contributed by atoms with Crippen molar-refractivity contribution in [1.82, 2.24) is 10.9 Å². The van der Waals surface area contributed by atoms with Crippen molar-refractivity contribution in [2.75, 3.05) is 7.11 Å². The standard InChI is InChI=1S/C18H15ClN2O3S/c1-10(12-8-7-11(24-2)9-14(12)22)20-21-18(23)17-16(19)13-5-3-4-6-15(13)25-17/h3-9,20,22H,1H2,2H3,(H,21,23). The maximum absolute atomic E-state index is 12.4. The second-order valence-electron chi connectivity index (χ2n) is 5.18. The van der Waals surface area contributed by atoms with Gasteiger partial charge < -0.3 is 9.84 Å². The molecule has 0 aliphatic carbocycles. The zero-order chi connectivity index (χ0) is 18.0. The lowest BCUT2D eigenvalue weighted by Gasteiger charge is -2.12. The summed E-state index contributed by atoms with van der Waals surface area (Å²) in [6, 6.07) is 12.3. The third-order valence-electron chi connectivity index (χ3n) is 3.60. The summed E-state index contributed by atoms with van der Waals surface area (Å²) in [5.74, 6) is 0.140. The number of aromatic hydroxyl groups is 1. The Morgan fingerprint density at radius 3 is 2.68 bits per heavy atom. The zero-order valence-electron chi connectivity index (χ0n) is 13.3. The molecule has 7 heteroatoms. The molecule has 2 aromatic carbocycles. The summed E-state index contributed by atoms with van der Waals surface area (Å²) in [4.78, 5) is 12.8. The van der Waals surface area contributed by atoms with Gasteiger partial charge in [-0.25, -0.2) is 0 Å². The van der Waals surface area contributed by atoms with Crippen molar-refractivity contribution >= 4 is 44.6 Å². The summed E-state index contributed by atoms with van der Waals surface area (Å²) in [7, 11) is 1.51. The number of carbonyl (C=O) groups excluding carboxylic acids is 1. The van der Waals surface area contributed by atoms with E-state index < -0.39 is 0 Å². The van der Waals surface area contributed by atoms with Crippen LogP contribution < -0.4 is 15.6 Å². The number of rotatable bonds is 5. The number of halogens is 1. The van der Waals surface area contributed by atoms with Gasteiger partial charge in [-0.2, -0.15) is 0 Å². The molecule has 3 rings (SSSR count). The van der Waals surface area contributed by atoms with E-state index in [0.29, 0.717) is 26.9 Å². The number of thiophene rings is 1. The van der Waals surface area contributed by atoms with Crippen LogP contribution in [0.5, 0.6) is 11.5 Å². The van der Waals surface area contributed by atoms with Crippen molar-refractivity contribution in [3.05, 3.63) is 64.5 Å². The summed E-state index contributed by atoms with van der Waals surface area (Å²) in [6.45, 7) is 3.82. The first-order valence-corrected chi connectivity index (χ1v) is 8.50. The number of amides is 1. The van der Waals surface area contributed by atoms with Gasteiger partial charge in [0.15, 0.2) is 0 Å². The maximum Gasteiger partial charge on any atom is 0.281 e. The molecule has 3 N–H and O–H groups in total. The van der Waals surface area contributed by atoms with Crippen LogP contribution in [0.1, 0.15) is 15.2 Å². The molecular weight excluding hydrogens is 360 g/mol. The molecule has 0 unspecified atom stereocenters. The first-order chi connectivity index (χ1) is 12.0. The number of hydrazine groups is 1. The molecule has 0 aliphatic heterocycles. The van der Waals surface area contributed by atoms with Gasteiger partial charge in [0, 0.05) is 21.7 Å². The second-order valence-corrected chi connectivity index (χ2v) is 6.61. The SMILES string of the molecule is C=C(NNC(=O)c1sc2ccccc2c1Cl)c1ccc(OC)cc1O. The maximum atomic E-state index is 12.4. The summed E-state index contributed by atoms with van der Waals surface area (Å²) >= 11 is 7.60. The Kier molecular flexibility index (Phi) is 4.83. The number of fused-ring (bicyclic) bond motifs is 1. The molecule has 128 valence electrons. The van der Waals surface area contributed by atoms with Gasteiger partial charge in [0.05, 0.1) is 17.8 Å². The number of hydrogen-bond donors (Lipinski definition) is 3. The highest BCUT2D eigenvalue weighted by molar-refractivity contribution is 7.21. The third kappa shape index (κ3) is 3.40. The molecule has 0 saturated heterocycles. The zero-order valence-corrected chi connectivity index (χ0v) is 14.9. The van der Waals surface area contributed by atoms with E-state index in [-0.39, 0.29) is 11.7 Å². The topological polar surface area (TPSA) is 70.6 Å². The van der Waals surface area contributed by atoms with Crippen LogP contribution in [0.3, 0.4) is 0 Å². The van der Waals surface area contributed by atoms with Crippen LogP contribution in [0, 0.1) is 0 Å². The average molecular weight is 375 g/mol. The monoisotopic (exact) mass is 374 g/mol. The van der Waals surface area contributed by atoms with E-state index in [2.05, 4.69) is 17.4 Å². The van der Waals surface area contributed by atoms with Crippen LogP contribution in [0.4, 0.5) is 0 Å². The molecular formula is C18H15ClN2O3S. The largest absolute Gasteiger partial charge is 0.507 e. The minimum absolute atomic E-state index is 0.00834. The van der Waals surface area contributed by atoms with Crippen molar-refractivity contribution in [3.8, 4) is 11.5 Å². The molecule has 3 aromatic rings. The average Bonchev–Trinajstić information content (AvgIpc) is 2.96. The first-order valence-electron chi connectivity index (χ1n) is 7.31. The second kappa shape index (κ2) is 7.04. The van der Waals surface area contributed by atoms with Gasteiger partial charge in [0.25, 0.3) is 5.91 Å². The van der Waals surface area contributed by atoms with Crippen LogP contribution in [0.25, 0.3) is 15.8 Å². The van der Waals surface area contributed by atoms with Gasteiger partial charge in [-0.1, -0.05) is 36.4 Å². The molecule has 0 atom stereocenters. The van der Waals surface area contributed by atoms with E-state index in [1.807, 2.05) is 24.3 Å². The van der Waals surface area contributed by atoms with Gasteiger partial charge in [0.2, 0.25) is 0 Å². The molecule has 25 heavy (non-hydrogen) atoms. The molecule has 0 saturated carbocycles. The Labute approximate surface area is 153 Å². The van der Waals surface area contributed by atoms with Crippen LogP contribution in [-0.4, -0.2) is 18.1 Å². The van der Waals surface area contributed by atoms with Gasteiger partial charge in [-0.15, -0.1) is 11.3 Å². The lowest BCUT2D eigenvalue weighted by molar-refractivity contribution is 0.0946. The predicted molar refractivity (Wildman–Crippen MR) is 101 cm³/mol. The lowest BCUT2D eigenvalue weighted by Crippen LogP contribution is -2.35. The van der Waals surface area contributed by atoms with Crippen LogP contribution >= 0.6 is 22.9 Å². The number of benzene rings is 2. The van der Waals surface area contributed by atoms with E-state index in [4.69, 9.17) is 16.3 Å². The van der Waals surface area contributed by atoms with Crippen LogP contribution in [0.15, 0.2) is 49.0 Å². The van der Waals surface area contributed by atoms with Gasteiger partial charge >= 0.3 is 0 Å². The smallest absolute Gasteiger partial charge is 0.281 e. The predicted octanol–water partition coefficient (Wildman–Crippen LogP) is 4.17. The molecule has 1 aromatic heterocycles. The molecule has 1 amide bonds. The number of nitrogens with one attached hydrogen (secondary N) is 2. The molecule has 0 fully saturated rings. The number of hydrogen-bond acceptors (Lipinski definition) is 5. The van der Waals surface area contributed by atoms with E-state index in [0.717, 1.165) is 10.1 Å². The lowest BCUT2D eigenvalue weighted by atomic mass is 10.1. The van der Waals surface area contributed by atoms with E-state index >= 15 is 0 Å². The Balaban J connectivity index is 1.73. The van der Waals surface area contributed by atoms with Gasteiger partial charge in [-0.3, -0.25) is 15.6 Å². The summed E-state index contributed by atoms with van der Waals surface area (Å²) in [5, 5.41) is 11.3. The molecule has 0 bridgehead atoms. The fourth-order valence-electron chi connectivity index (χ4n) is 2.31. The Bertz CT molecular complexity index is 968. The van der Waals surface area contributed by atoms with Crippen molar-refractivity contribution in [1.29, 1.82) is 0 Å². The summed E-state index contributed by atoms with van der Waals surface area (Å²) in [6.07, 6.45) is 0. The van der Waals surface area contributed by atoms with Gasteiger partial charge in [-0.05, 0) is 18.2 Å². The highest BCUT2D eigenvalue weighted by Gasteiger charge is 2.17. The van der Waals surface area contributed by atoms with E-state index in [1.165, 1.54) is 24.5 Å². The van der Waals surface area contributed by atoms with Crippen LogP contribution in [0.2, 0.25) is 5.02 Å². The minimum atomic E-state index is -0.375. The normalized spacial score (nSPS) is 10.5. The number of carbonyl (C=O) groups is 1. The Hall–Kier alpha value is -2.70. The quantitative estimate of drug-likeness (QED) is 0.586. The van der Waals surface area contributed by atoms with E-state index in [1.54, 1.807) is 12.1 Å². The van der Waals surface area contributed by atoms with Crippen molar-refractivity contribution in [3.63, 3.8) is 0 Å². The van der Waals surface area contributed by atoms with Crippen molar-refractivity contribution in [2.45, 2.75) is 0 Å². The number of phenols is 1. The van der Waals surface area contributed by atoms with E-state index in [9.17, 15) is 9.90 Å². The molecule has 0 spiro atoms. The fourth-order valence-corrected chi connectivity index (χ4v) is 3.72. The summed E-state index contributed by atoms with van der Waals surface area (Å²) in [5.41, 5.74) is 6.04. The minimum Gasteiger partial charge on any atom is -0.507 e. The first kappa shape index (κ1) is 17.1. The molecule has 5 nitrogen and oxygen atoms in total. The van der Waals surface area contributed by atoms with Gasteiger partial charge in [0.1, 0.15) is 16.4 Å². The fraction of sp³-hybridized carbons (Fsp3) is 0.0556. The Morgan fingerprint density at radius 2 is 2.00 bits per heavy atom. The highest BCUT2D eigenvalue weighted by atomic mass is 35.5. The third-order valence-corrected chi connectivity index (χ3v) is 5.27. The molecule has 1 heterocycles. The number of ether oxygens (including phenoxy) is 1. The number of methoxy groups -OCH3 is 1. The van der Waals surface area contributed by atoms with Crippen LogP contribution in [-0.2, 0) is 0 Å². The Morgan fingerprint density at radius 1 is 1.24 bits per heavy atom. The highest BCUT2D eigenvalue weighted by Crippen LogP contribution is 2.35. The number of phenolic OH excluding ortho intramolecular Hbond substituents is 1. The van der Waals surface area contributed by atoms with Crippen molar-refractivity contribution in [2.24, 2.45) is 0 Å². The van der Waals surface area contributed by atoms with Crippen molar-refractivity contribution < 1.29 is 14.6 Å². The molecule has 0 radical (unpaired) electrons. The molecule has 0 aliphatic rings.